The van der Waals surface area contributed by atoms with Crippen molar-refractivity contribution in [3.05, 3.63) is 53.8 Å². The van der Waals surface area contributed by atoms with E-state index in [-0.39, 0.29) is 35.6 Å². The van der Waals surface area contributed by atoms with E-state index >= 15 is 0 Å². The average Bonchev–Trinajstić information content (AvgIpc) is 3.07. The van der Waals surface area contributed by atoms with E-state index in [0.717, 1.165) is 10.5 Å². The van der Waals surface area contributed by atoms with Gasteiger partial charge in [-0.2, -0.15) is 0 Å². The number of rotatable bonds is 8. The maximum Gasteiger partial charge on any atom is 0.257 e. The van der Waals surface area contributed by atoms with Crippen molar-refractivity contribution >= 4 is 23.4 Å². The molecule has 1 saturated heterocycles. The van der Waals surface area contributed by atoms with E-state index in [0.29, 0.717) is 23.6 Å². The smallest absolute Gasteiger partial charge is 0.257 e. The third-order valence-corrected chi connectivity index (χ3v) is 8.22. The summed E-state index contributed by atoms with van der Waals surface area (Å²) in [6, 6.07) is 9.83. The molecule has 3 amide bonds. The number of anilines is 1. The van der Waals surface area contributed by atoms with Gasteiger partial charge in [-0.1, -0.05) is 33.8 Å². The Morgan fingerprint density at radius 2 is 1.61 bits per heavy atom. The van der Waals surface area contributed by atoms with Gasteiger partial charge in [-0.3, -0.25) is 14.4 Å². The first-order valence-corrected chi connectivity index (χ1v) is 12.1. The van der Waals surface area contributed by atoms with Crippen LogP contribution in [0.2, 0.25) is 0 Å². The molecular formula is C28H33FN2O5. The molecule has 1 aliphatic carbocycles. The second kappa shape index (κ2) is 9.22. The van der Waals surface area contributed by atoms with E-state index in [4.69, 9.17) is 9.47 Å². The molecule has 0 N–H and O–H groups in total. The standard InChI is InChI=1S/C28H33FN2O5/c1-27(2)24(28(27,3)4)26(34)30(14-13-17-7-12-21(35-5)22(15-17)36-6)20-16-23(32)31(25(20)33)19-10-8-18(29)9-11-19/h7-12,15,20,24H,13-14,16H2,1-6H3. The molecule has 0 aromatic heterocycles. The lowest BCUT2D eigenvalue weighted by atomic mass is 10.0. The first kappa shape index (κ1) is 25.7. The normalized spacial score (nSPS) is 20.4. The molecule has 1 atom stereocenters. The molecular weight excluding hydrogens is 463 g/mol. The van der Waals surface area contributed by atoms with Crippen LogP contribution in [0.1, 0.15) is 39.7 Å². The Labute approximate surface area is 211 Å². The monoisotopic (exact) mass is 496 g/mol. The second-order valence-electron chi connectivity index (χ2n) is 10.6. The van der Waals surface area contributed by atoms with Gasteiger partial charge in [0.25, 0.3) is 5.91 Å². The quantitative estimate of drug-likeness (QED) is 0.512. The molecule has 1 saturated carbocycles. The zero-order valence-corrected chi connectivity index (χ0v) is 21.6. The summed E-state index contributed by atoms with van der Waals surface area (Å²) in [5.74, 6) is -0.553. The zero-order chi connectivity index (χ0) is 26.4. The van der Waals surface area contributed by atoms with E-state index in [1.165, 1.54) is 24.3 Å². The van der Waals surface area contributed by atoms with Gasteiger partial charge >= 0.3 is 0 Å². The number of nitrogens with zero attached hydrogens (tertiary/aromatic N) is 2. The number of hydrogen-bond acceptors (Lipinski definition) is 5. The van der Waals surface area contributed by atoms with Gasteiger partial charge in [0.15, 0.2) is 11.5 Å². The Morgan fingerprint density at radius 3 is 2.17 bits per heavy atom. The minimum Gasteiger partial charge on any atom is -0.493 e. The van der Waals surface area contributed by atoms with Gasteiger partial charge < -0.3 is 14.4 Å². The SMILES string of the molecule is COc1ccc(CCN(C(=O)C2C(C)(C)C2(C)C)C2CC(=O)N(c3ccc(F)cc3)C2=O)cc1OC. The molecule has 36 heavy (non-hydrogen) atoms. The van der Waals surface area contributed by atoms with Gasteiger partial charge in [0.05, 0.1) is 26.3 Å². The van der Waals surface area contributed by atoms with Crippen molar-refractivity contribution in [3.63, 3.8) is 0 Å². The van der Waals surface area contributed by atoms with E-state index < -0.39 is 23.7 Å². The summed E-state index contributed by atoms with van der Waals surface area (Å²) in [5.41, 5.74) is 0.752. The number of amides is 3. The molecule has 0 bridgehead atoms. The Morgan fingerprint density at radius 1 is 1.00 bits per heavy atom. The second-order valence-corrected chi connectivity index (χ2v) is 10.6. The molecule has 0 spiro atoms. The van der Waals surface area contributed by atoms with Crippen LogP contribution in [0.3, 0.4) is 0 Å². The van der Waals surface area contributed by atoms with Gasteiger partial charge in [0.1, 0.15) is 11.9 Å². The number of hydrogen-bond donors (Lipinski definition) is 0. The summed E-state index contributed by atoms with van der Waals surface area (Å²) in [7, 11) is 3.12. The predicted octanol–water partition coefficient (Wildman–Crippen LogP) is 4.23. The number of carbonyl (C=O) groups is 3. The third kappa shape index (κ3) is 4.22. The molecule has 7 nitrogen and oxygen atoms in total. The van der Waals surface area contributed by atoms with Crippen molar-refractivity contribution in [2.24, 2.45) is 16.7 Å². The van der Waals surface area contributed by atoms with Crippen molar-refractivity contribution in [3.8, 4) is 11.5 Å². The lowest BCUT2D eigenvalue weighted by molar-refractivity contribution is -0.140. The highest BCUT2D eigenvalue weighted by Crippen LogP contribution is 2.69. The van der Waals surface area contributed by atoms with Gasteiger partial charge in [-0.05, 0) is 59.2 Å². The molecule has 2 aliphatic rings. The Kier molecular flexibility index (Phi) is 6.58. The van der Waals surface area contributed by atoms with Crippen LogP contribution < -0.4 is 14.4 Å². The summed E-state index contributed by atoms with van der Waals surface area (Å²) in [6.45, 7) is 8.46. The highest BCUT2D eigenvalue weighted by molar-refractivity contribution is 6.23. The van der Waals surface area contributed by atoms with Crippen LogP contribution in [0.5, 0.6) is 11.5 Å². The molecule has 1 unspecified atom stereocenters. The average molecular weight is 497 g/mol. The summed E-state index contributed by atoms with van der Waals surface area (Å²) in [5, 5.41) is 0. The summed E-state index contributed by atoms with van der Waals surface area (Å²) in [4.78, 5) is 42.9. The summed E-state index contributed by atoms with van der Waals surface area (Å²) in [6.07, 6.45) is 0.357. The van der Waals surface area contributed by atoms with E-state index in [9.17, 15) is 18.8 Å². The Bertz CT molecular complexity index is 1180. The van der Waals surface area contributed by atoms with Crippen LogP contribution in [-0.4, -0.2) is 49.4 Å². The fourth-order valence-electron chi connectivity index (χ4n) is 5.41. The molecule has 2 fully saturated rings. The molecule has 1 heterocycles. The fraction of sp³-hybridized carbons (Fsp3) is 0.464. The van der Waals surface area contributed by atoms with E-state index in [1.807, 2.05) is 12.1 Å². The fourth-order valence-corrected chi connectivity index (χ4v) is 5.41. The van der Waals surface area contributed by atoms with Crippen LogP contribution >= 0.6 is 0 Å². The first-order chi connectivity index (χ1) is 16.9. The van der Waals surface area contributed by atoms with E-state index in [1.54, 1.807) is 25.2 Å². The van der Waals surface area contributed by atoms with Crippen molar-refractivity contribution in [1.82, 2.24) is 4.90 Å². The Balaban J connectivity index is 1.62. The number of methoxy groups -OCH3 is 2. The Hall–Kier alpha value is -3.42. The third-order valence-electron chi connectivity index (χ3n) is 8.22. The number of carbonyl (C=O) groups excluding carboxylic acids is 3. The molecule has 0 radical (unpaired) electrons. The highest BCUT2D eigenvalue weighted by Gasteiger charge is 2.69. The molecule has 8 heteroatoms. The van der Waals surface area contributed by atoms with Crippen LogP contribution in [0.4, 0.5) is 10.1 Å². The van der Waals surface area contributed by atoms with Crippen molar-refractivity contribution in [2.45, 2.75) is 46.6 Å². The summed E-state index contributed by atoms with van der Waals surface area (Å²) < 4.78 is 24.1. The van der Waals surface area contributed by atoms with Gasteiger partial charge in [-0.15, -0.1) is 0 Å². The van der Waals surface area contributed by atoms with Crippen LogP contribution in [0, 0.1) is 22.6 Å². The van der Waals surface area contributed by atoms with E-state index in [2.05, 4.69) is 27.7 Å². The molecule has 2 aromatic carbocycles. The number of imide groups is 1. The largest absolute Gasteiger partial charge is 0.493 e. The number of halogens is 1. The molecule has 192 valence electrons. The minimum atomic E-state index is -0.914. The first-order valence-electron chi connectivity index (χ1n) is 12.1. The maximum absolute atomic E-state index is 13.9. The number of benzene rings is 2. The molecule has 1 aliphatic heterocycles. The topological polar surface area (TPSA) is 76.2 Å². The van der Waals surface area contributed by atoms with Gasteiger partial charge in [-0.25, -0.2) is 9.29 Å². The van der Waals surface area contributed by atoms with Gasteiger partial charge in [0.2, 0.25) is 11.8 Å². The lowest BCUT2D eigenvalue weighted by Gasteiger charge is -2.29. The molecule has 4 rings (SSSR count). The van der Waals surface area contributed by atoms with Crippen LogP contribution in [0.25, 0.3) is 0 Å². The minimum absolute atomic E-state index is 0.110. The van der Waals surface area contributed by atoms with Crippen molar-refractivity contribution in [1.29, 1.82) is 0 Å². The summed E-state index contributed by atoms with van der Waals surface area (Å²) >= 11 is 0. The van der Waals surface area contributed by atoms with Gasteiger partial charge in [0, 0.05) is 12.5 Å². The van der Waals surface area contributed by atoms with Crippen molar-refractivity contribution in [2.75, 3.05) is 25.7 Å². The molecule has 2 aromatic rings. The zero-order valence-electron chi connectivity index (χ0n) is 21.6. The predicted molar refractivity (Wildman–Crippen MR) is 133 cm³/mol. The maximum atomic E-state index is 13.9. The highest BCUT2D eigenvalue weighted by atomic mass is 19.1. The van der Waals surface area contributed by atoms with Crippen LogP contribution in [0.15, 0.2) is 42.5 Å². The number of ether oxygens (including phenoxy) is 2. The van der Waals surface area contributed by atoms with Crippen molar-refractivity contribution < 1.29 is 28.2 Å². The lowest BCUT2D eigenvalue weighted by Crippen LogP contribution is -2.47. The van der Waals surface area contributed by atoms with Crippen LogP contribution in [-0.2, 0) is 20.8 Å².